The van der Waals surface area contributed by atoms with Crippen molar-refractivity contribution in [2.45, 2.75) is 19.4 Å². The summed E-state index contributed by atoms with van der Waals surface area (Å²) in [4.78, 5) is 13.9. The van der Waals surface area contributed by atoms with Gasteiger partial charge in [-0.15, -0.1) is 10.2 Å². The summed E-state index contributed by atoms with van der Waals surface area (Å²) in [7, 11) is 0. The minimum Gasteiger partial charge on any atom is -0.394 e. The number of carbonyl (C=O) groups excluding carboxylic acids is 1. The Bertz CT molecular complexity index is 422. The first-order valence-corrected chi connectivity index (χ1v) is 5.89. The van der Waals surface area contributed by atoms with Crippen LogP contribution in [-0.4, -0.2) is 45.3 Å². The molecule has 1 saturated heterocycles. The topological polar surface area (TPSA) is 104 Å². The Balaban J connectivity index is 2.15. The molecule has 18 heavy (non-hydrogen) atoms. The van der Waals surface area contributed by atoms with Gasteiger partial charge in [-0.25, -0.2) is 5.84 Å². The zero-order valence-corrected chi connectivity index (χ0v) is 10.2. The number of carbonyl (C=O) groups is 1. The number of aliphatic hydroxyl groups excluding tert-OH is 1. The third-order valence-corrected chi connectivity index (χ3v) is 3.36. The number of nitrogens with two attached hydrogens (primary N) is 1. The smallest absolute Gasteiger partial charge is 0.274 e. The van der Waals surface area contributed by atoms with Crippen LogP contribution in [0.15, 0.2) is 12.1 Å². The number of rotatable bonds is 3. The summed E-state index contributed by atoms with van der Waals surface area (Å²) in [5.74, 6) is 5.68. The van der Waals surface area contributed by atoms with E-state index in [4.69, 9.17) is 5.84 Å². The summed E-state index contributed by atoms with van der Waals surface area (Å²) in [6, 6.07) is 3.03. The predicted octanol–water partition coefficient (Wildman–Crippen LogP) is -0.395. The number of aliphatic hydroxyl groups is 1. The Hall–Kier alpha value is -1.73. The van der Waals surface area contributed by atoms with Crippen molar-refractivity contribution in [3.05, 3.63) is 17.8 Å². The molecular formula is C11H17N5O2. The minimum atomic E-state index is -0.200. The third kappa shape index (κ3) is 2.27. The molecule has 0 aliphatic carbocycles. The maximum absolute atomic E-state index is 12.2. The first-order chi connectivity index (χ1) is 8.67. The average molecular weight is 251 g/mol. The standard InChI is InChI=1S/C11H17N5O2/c1-7-4-5-16(9(7)6-17)11(18)8-2-3-10(13-12)15-14-8/h2-3,7,9,17H,4-6,12H2,1H3,(H,13,15). The first kappa shape index (κ1) is 12.7. The summed E-state index contributed by atoms with van der Waals surface area (Å²) in [5.41, 5.74) is 2.62. The second-order valence-electron chi connectivity index (χ2n) is 4.46. The van der Waals surface area contributed by atoms with Crippen LogP contribution in [0.2, 0.25) is 0 Å². The Morgan fingerprint density at radius 2 is 2.39 bits per heavy atom. The van der Waals surface area contributed by atoms with Gasteiger partial charge in [0.05, 0.1) is 12.6 Å². The Morgan fingerprint density at radius 1 is 1.61 bits per heavy atom. The van der Waals surface area contributed by atoms with Crippen molar-refractivity contribution in [3.8, 4) is 0 Å². The van der Waals surface area contributed by atoms with Gasteiger partial charge in [0.1, 0.15) is 0 Å². The molecule has 0 spiro atoms. The molecule has 7 heteroatoms. The van der Waals surface area contributed by atoms with Gasteiger partial charge in [-0.1, -0.05) is 6.92 Å². The second kappa shape index (κ2) is 5.28. The number of nitrogens with one attached hydrogen (secondary N) is 1. The van der Waals surface area contributed by atoms with Gasteiger partial charge in [-0.2, -0.15) is 0 Å². The van der Waals surface area contributed by atoms with Gasteiger partial charge in [0.2, 0.25) is 0 Å². The highest BCUT2D eigenvalue weighted by atomic mass is 16.3. The van der Waals surface area contributed by atoms with Crippen LogP contribution in [0.4, 0.5) is 5.82 Å². The van der Waals surface area contributed by atoms with Gasteiger partial charge < -0.3 is 15.4 Å². The molecule has 1 amide bonds. The lowest BCUT2D eigenvalue weighted by Gasteiger charge is -2.24. The van der Waals surface area contributed by atoms with E-state index in [-0.39, 0.29) is 24.2 Å². The Morgan fingerprint density at radius 3 is 2.94 bits per heavy atom. The average Bonchev–Trinajstić information content (AvgIpc) is 2.79. The number of nitrogens with zero attached hydrogens (tertiary/aromatic N) is 3. The van der Waals surface area contributed by atoms with Gasteiger partial charge in [0.15, 0.2) is 11.5 Å². The van der Waals surface area contributed by atoms with Crippen LogP contribution in [0, 0.1) is 5.92 Å². The van der Waals surface area contributed by atoms with E-state index < -0.39 is 0 Å². The molecule has 1 aliphatic heterocycles. The molecule has 2 atom stereocenters. The molecule has 1 aromatic heterocycles. The molecule has 98 valence electrons. The lowest BCUT2D eigenvalue weighted by atomic mass is 10.0. The summed E-state index contributed by atoms with van der Waals surface area (Å²) >= 11 is 0. The molecule has 2 heterocycles. The van der Waals surface area contributed by atoms with E-state index >= 15 is 0 Å². The lowest BCUT2D eigenvalue weighted by molar-refractivity contribution is 0.0641. The first-order valence-electron chi connectivity index (χ1n) is 5.89. The SMILES string of the molecule is CC1CCN(C(=O)c2ccc(NN)nn2)C1CO. The summed E-state index contributed by atoms with van der Waals surface area (Å²) in [5, 5.41) is 16.9. The largest absolute Gasteiger partial charge is 0.394 e. The van der Waals surface area contributed by atoms with Crippen LogP contribution in [-0.2, 0) is 0 Å². The van der Waals surface area contributed by atoms with E-state index in [0.29, 0.717) is 18.3 Å². The number of hydrogen-bond acceptors (Lipinski definition) is 6. The highest BCUT2D eigenvalue weighted by Gasteiger charge is 2.34. The fourth-order valence-electron chi connectivity index (χ4n) is 2.21. The number of likely N-dealkylation sites (tertiary alicyclic amines) is 1. The van der Waals surface area contributed by atoms with Crippen molar-refractivity contribution < 1.29 is 9.90 Å². The fourth-order valence-corrected chi connectivity index (χ4v) is 2.21. The van der Waals surface area contributed by atoms with E-state index in [1.165, 1.54) is 0 Å². The van der Waals surface area contributed by atoms with E-state index in [2.05, 4.69) is 15.6 Å². The fraction of sp³-hybridized carbons (Fsp3) is 0.545. The number of amides is 1. The summed E-state index contributed by atoms with van der Waals surface area (Å²) in [6.45, 7) is 2.65. The van der Waals surface area contributed by atoms with Crippen LogP contribution in [0.3, 0.4) is 0 Å². The summed E-state index contributed by atoms with van der Waals surface area (Å²) in [6.07, 6.45) is 0.896. The van der Waals surface area contributed by atoms with Gasteiger partial charge in [-0.3, -0.25) is 4.79 Å². The maximum atomic E-state index is 12.2. The van der Waals surface area contributed by atoms with E-state index in [1.54, 1.807) is 17.0 Å². The van der Waals surface area contributed by atoms with Crippen LogP contribution < -0.4 is 11.3 Å². The highest BCUT2D eigenvalue weighted by molar-refractivity contribution is 5.92. The van der Waals surface area contributed by atoms with Crippen molar-refractivity contribution in [1.82, 2.24) is 15.1 Å². The Kier molecular flexibility index (Phi) is 3.73. The van der Waals surface area contributed by atoms with Gasteiger partial charge in [0.25, 0.3) is 5.91 Å². The number of hydrazine groups is 1. The monoisotopic (exact) mass is 251 g/mol. The normalized spacial score (nSPS) is 23.2. The quantitative estimate of drug-likeness (QED) is 0.499. The molecular weight excluding hydrogens is 234 g/mol. The molecule has 0 radical (unpaired) electrons. The maximum Gasteiger partial charge on any atom is 0.274 e. The highest BCUT2D eigenvalue weighted by Crippen LogP contribution is 2.24. The van der Waals surface area contributed by atoms with Gasteiger partial charge in [0, 0.05) is 6.54 Å². The molecule has 2 unspecified atom stereocenters. The molecule has 7 nitrogen and oxygen atoms in total. The van der Waals surface area contributed by atoms with Crippen molar-refractivity contribution in [3.63, 3.8) is 0 Å². The molecule has 1 fully saturated rings. The number of aromatic nitrogens is 2. The number of hydrogen-bond donors (Lipinski definition) is 3. The third-order valence-electron chi connectivity index (χ3n) is 3.36. The van der Waals surface area contributed by atoms with Crippen molar-refractivity contribution >= 4 is 11.7 Å². The van der Waals surface area contributed by atoms with Crippen molar-refractivity contribution in [2.24, 2.45) is 11.8 Å². The predicted molar refractivity (Wildman–Crippen MR) is 65.5 cm³/mol. The van der Waals surface area contributed by atoms with E-state index in [1.807, 2.05) is 6.92 Å². The summed E-state index contributed by atoms with van der Waals surface area (Å²) < 4.78 is 0. The molecule has 2 rings (SSSR count). The minimum absolute atomic E-state index is 0.0250. The molecule has 1 aromatic rings. The molecule has 0 bridgehead atoms. The van der Waals surface area contributed by atoms with E-state index in [9.17, 15) is 9.90 Å². The Labute approximate surface area is 105 Å². The number of nitrogen functional groups attached to an aromatic ring is 1. The van der Waals surface area contributed by atoms with Crippen molar-refractivity contribution in [2.75, 3.05) is 18.6 Å². The second-order valence-corrected chi connectivity index (χ2v) is 4.46. The number of anilines is 1. The van der Waals surface area contributed by atoms with Crippen LogP contribution in [0.1, 0.15) is 23.8 Å². The van der Waals surface area contributed by atoms with Gasteiger partial charge >= 0.3 is 0 Å². The van der Waals surface area contributed by atoms with Crippen LogP contribution >= 0.6 is 0 Å². The van der Waals surface area contributed by atoms with Gasteiger partial charge in [-0.05, 0) is 24.5 Å². The van der Waals surface area contributed by atoms with Crippen LogP contribution in [0.5, 0.6) is 0 Å². The molecule has 0 saturated carbocycles. The molecule has 4 N–H and O–H groups in total. The van der Waals surface area contributed by atoms with Crippen LogP contribution in [0.25, 0.3) is 0 Å². The zero-order valence-electron chi connectivity index (χ0n) is 10.2. The van der Waals surface area contributed by atoms with E-state index in [0.717, 1.165) is 6.42 Å². The zero-order chi connectivity index (χ0) is 13.1. The van der Waals surface area contributed by atoms with Crippen molar-refractivity contribution in [1.29, 1.82) is 0 Å². The molecule has 1 aliphatic rings. The molecule has 0 aromatic carbocycles. The lowest BCUT2D eigenvalue weighted by Crippen LogP contribution is -2.40.